The van der Waals surface area contributed by atoms with Crippen molar-refractivity contribution in [3.8, 4) is 17.1 Å². The molecule has 0 bridgehead atoms. The van der Waals surface area contributed by atoms with Gasteiger partial charge < -0.3 is 5.11 Å². The molecule has 5 heteroatoms. The van der Waals surface area contributed by atoms with E-state index in [1.54, 1.807) is 18.2 Å². The van der Waals surface area contributed by atoms with Crippen molar-refractivity contribution in [1.82, 2.24) is 9.97 Å². The third-order valence-electron chi connectivity index (χ3n) is 2.63. The van der Waals surface area contributed by atoms with E-state index in [1.807, 2.05) is 6.07 Å². The van der Waals surface area contributed by atoms with Crippen molar-refractivity contribution in [2.75, 3.05) is 0 Å². The minimum absolute atomic E-state index is 0.156. The number of halogens is 2. The van der Waals surface area contributed by atoms with Gasteiger partial charge in [0.05, 0.1) is 10.2 Å². The van der Waals surface area contributed by atoms with E-state index in [0.29, 0.717) is 15.5 Å². The van der Waals surface area contributed by atoms with Crippen LogP contribution in [0, 0.1) is 0 Å². The maximum atomic E-state index is 9.53. The van der Waals surface area contributed by atoms with Crippen molar-refractivity contribution in [2.45, 2.75) is 26.2 Å². The first-order chi connectivity index (χ1) is 8.79. The summed E-state index contributed by atoms with van der Waals surface area (Å²) in [6, 6.07) is 6.81. The molecule has 2 aromatic rings. The van der Waals surface area contributed by atoms with Gasteiger partial charge in [-0.05, 0) is 28.1 Å². The average molecular weight is 342 g/mol. The molecule has 0 aliphatic rings. The second-order valence-electron chi connectivity index (χ2n) is 5.30. The summed E-state index contributed by atoms with van der Waals surface area (Å²) >= 11 is 9.59. The molecule has 1 heterocycles. The molecule has 0 radical (unpaired) electrons. The van der Waals surface area contributed by atoms with Crippen molar-refractivity contribution in [3.05, 3.63) is 39.6 Å². The van der Waals surface area contributed by atoms with Gasteiger partial charge >= 0.3 is 0 Å². The summed E-state index contributed by atoms with van der Waals surface area (Å²) in [5, 5.41) is 9.90. The lowest BCUT2D eigenvalue weighted by Crippen LogP contribution is -2.16. The first-order valence-corrected chi connectivity index (χ1v) is 6.99. The molecule has 1 aromatic heterocycles. The van der Waals surface area contributed by atoms with Gasteiger partial charge in [-0.25, -0.2) is 9.97 Å². The van der Waals surface area contributed by atoms with E-state index in [2.05, 4.69) is 46.7 Å². The monoisotopic (exact) mass is 340 g/mol. The Morgan fingerprint density at radius 2 is 1.89 bits per heavy atom. The van der Waals surface area contributed by atoms with Crippen molar-refractivity contribution in [3.63, 3.8) is 0 Å². The molecule has 0 aliphatic carbocycles. The van der Waals surface area contributed by atoms with Crippen LogP contribution < -0.4 is 0 Å². The molecular weight excluding hydrogens is 328 g/mol. The highest BCUT2D eigenvalue weighted by molar-refractivity contribution is 9.10. The first kappa shape index (κ1) is 14.3. The number of benzene rings is 1. The Morgan fingerprint density at radius 3 is 2.47 bits per heavy atom. The van der Waals surface area contributed by atoms with E-state index in [0.717, 1.165) is 11.3 Å². The fourth-order valence-electron chi connectivity index (χ4n) is 1.69. The molecule has 0 aliphatic heterocycles. The van der Waals surface area contributed by atoms with Crippen LogP contribution in [0.1, 0.15) is 26.5 Å². The maximum absolute atomic E-state index is 9.53. The minimum atomic E-state index is -0.156. The molecule has 0 atom stereocenters. The summed E-state index contributed by atoms with van der Waals surface area (Å²) in [4.78, 5) is 8.82. The molecule has 2 rings (SSSR count). The summed E-state index contributed by atoms with van der Waals surface area (Å²) < 4.78 is 0.713. The summed E-state index contributed by atoms with van der Waals surface area (Å²) in [5.41, 5.74) is 1.42. The zero-order chi connectivity index (χ0) is 14.2. The molecular formula is C14H14BrClN2O. The largest absolute Gasteiger partial charge is 0.508 e. The van der Waals surface area contributed by atoms with E-state index in [9.17, 15) is 5.11 Å². The zero-order valence-electron chi connectivity index (χ0n) is 10.9. The van der Waals surface area contributed by atoms with Crippen LogP contribution in [0.4, 0.5) is 0 Å². The molecule has 100 valence electrons. The van der Waals surface area contributed by atoms with Crippen molar-refractivity contribution in [1.29, 1.82) is 0 Å². The van der Waals surface area contributed by atoms with Crippen molar-refractivity contribution >= 4 is 27.5 Å². The van der Waals surface area contributed by atoms with Crippen LogP contribution in [0.25, 0.3) is 11.4 Å². The van der Waals surface area contributed by atoms with Gasteiger partial charge in [0, 0.05) is 11.0 Å². The quantitative estimate of drug-likeness (QED) is 0.773. The summed E-state index contributed by atoms with van der Waals surface area (Å²) in [7, 11) is 0. The summed E-state index contributed by atoms with van der Waals surface area (Å²) in [6.45, 7) is 6.17. The fourth-order valence-corrected chi connectivity index (χ4v) is 2.63. The van der Waals surface area contributed by atoms with Gasteiger partial charge in [-0.15, -0.1) is 0 Å². The smallest absolute Gasteiger partial charge is 0.161 e. The number of aromatic nitrogens is 2. The first-order valence-electron chi connectivity index (χ1n) is 5.82. The summed E-state index contributed by atoms with van der Waals surface area (Å²) in [5.74, 6) is 0.687. The number of nitrogens with zero attached hydrogens (tertiary/aromatic N) is 2. The van der Waals surface area contributed by atoms with Crippen LogP contribution >= 0.6 is 27.5 Å². The topological polar surface area (TPSA) is 46.0 Å². The summed E-state index contributed by atoms with van der Waals surface area (Å²) in [6.07, 6.45) is 0. The highest BCUT2D eigenvalue weighted by Gasteiger charge is 2.23. The molecule has 0 saturated carbocycles. The fraction of sp³-hybridized carbons (Fsp3) is 0.286. The van der Waals surface area contributed by atoms with E-state index in [-0.39, 0.29) is 11.2 Å². The van der Waals surface area contributed by atoms with Crippen molar-refractivity contribution < 1.29 is 5.11 Å². The Kier molecular flexibility index (Phi) is 3.83. The van der Waals surface area contributed by atoms with Crippen LogP contribution in [0.15, 0.2) is 28.7 Å². The lowest BCUT2D eigenvalue weighted by atomic mass is 9.92. The Balaban J connectivity index is 2.63. The van der Waals surface area contributed by atoms with Gasteiger partial charge in [0.25, 0.3) is 0 Å². The Labute approximate surface area is 125 Å². The molecule has 0 fully saturated rings. The van der Waals surface area contributed by atoms with Crippen LogP contribution in [0.2, 0.25) is 5.15 Å². The third-order valence-corrected chi connectivity index (χ3v) is 3.88. The van der Waals surface area contributed by atoms with Gasteiger partial charge in [-0.2, -0.15) is 0 Å². The second-order valence-corrected chi connectivity index (χ2v) is 6.45. The molecule has 0 amide bonds. The Morgan fingerprint density at radius 1 is 1.21 bits per heavy atom. The second kappa shape index (κ2) is 5.10. The SMILES string of the molecule is CC(C)(C)c1nc(-c2cccc(O)c2)nc(Cl)c1Br. The van der Waals surface area contributed by atoms with E-state index in [4.69, 9.17) is 11.6 Å². The number of aromatic hydroxyl groups is 1. The van der Waals surface area contributed by atoms with Gasteiger partial charge in [0.1, 0.15) is 10.9 Å². The Bertz CT molecular complexity index is 623. The number of phenolic OH excluding ortho intramolecular Hbond substituents is 1. The molecule has 19 heavy (non-hydrogen) atoms. The average Bonchev–Trinajstić information content (AvgIpc) is 2.31. The highest BCUT2D eigenvalue weighted by atomic mass is 79.9. The molecule has 1 N–H and O–H groups in total. The van der Waals surface area contributed by atoms with Crippen LogP contribution in [-0.4, -0.2) is 15.1 Å². The van der Waals surface area contributed by atoms with Gasteiger partial charge in [-0.3, -0.25) is 0 Å². The molecule has 0 saturated heterocycles. The van der Waals surface area contributed by atoms with E-state index < -0.39 is 0 Å². The maximum Gasteiger partial charge on any atom is 0.161 e. The van der Waals surface area contributed by atoms with Crippen molar-refractivity contribution in [2.24, 2.45) is 0 Å². The standard InChI is InChI=1S/C14H14BrClN2O/c1-14(2,3)11-10(15)12(16)18-13(17-11)8-5-4-6-9(19)7-8/h4-7,19H,1-3H3. The van der Waals surface area contributed by atoms with Crippen LogP contribution in [0.3, 0.4) is 0 Å². The zero-order valence-corrected chi connectivity index (χ0v) is 13.2. The number of hydrogen-bond acceptors (Lipinski definition) is 3. The number of rotatable bonds is 1. The van der Waals surface area contributed by atoms with Crippen LogP contribution in [0.5, 0.6) is 5.75 Å². The number of hydrogen-bond donors (Lipinski definition) is 1. The van der Waals surface area contributed by atoms with Gasteiger partial charge in [0.15, 0.2) is 5.82 Å². The third kappa shape index (κ3) is 3.07. The van der Waals surface area contributed by atoms with Gasteiger partial charge in [-0.1, -0.05) is 44.5 Å². The van der Waals surface area contributed by atoms with Gasteiger partial charge in [0.2, 0.25) is 0 Å². The highest BCUT2D eigenvalue weighted by Crippen LogP contribution is 2.34. The normalized spacial score (nSPS) is 11.6. The molecule has 1 aromatic carbocycles. The predicted molar refractivity (Wildman–Crippen MR) is 80.5 cm³/mol. The predicted octanol–water partition coefficient (Wildman–Crippen LogP) is 4.56. The minimum Gasteiger partial charge on any atom is -0.508 e. The lowest BCUT2D eigenvalue weighted by molar-refractivity contribution is 0.475. The molecule has 0 spiro atoms. The van der Waals surface area contributed by atoms with E-state index in [1.165, 1.54) is 0 Å². The van der Waals surface area contributed by atoms with E-state index >= 15 is 0 Å². The lowest BCUT2D eigenvalue weighted by Gasteiger charge is -2.20. The molecule has 3 nitrogen and oxygen atoms in total. The van der Waals surface area contributed by atoms with Crippen LogP contribution in [-0.2, 0) is 5.41 Å². The molecule has 0 unspecified atom stereocenters. The Hall–Kier alpha value is -1.13. The number of phenols is 1.